The van der Waals surface area contributed by atoms with Crippen LogP contribution < -0.4 is 0 Å². The number of carbonyl (C=O) groups is 2. The average molecular weight is 306 g/mol. The molecule has 3 rings (SSSR count). The number of hydrogen-bond acceptors (Lipinski definition) is 2. The van der Waals surface area contributed by atoms with Crippen LogP contribution in [0.2, 0.25) is 0 Å². The zero-order valence-electron chi connectivity index (χ0n) is 12.8. The Bertz CT molecular complexity index is 711. The summed E-state index contributed by atoms with van der Waals surface area (Å²) in [6.07, 6.45) is 4.17. The molecule has 0 aromatic heterocycles. The molecule has 1 aliphatic rings. The molecule has 0 aliphatic carbocycles. The van der Waals surface area contributed by atoms with Gasteiger partial charge in [0.2, 0.25) is 5.91 Å². The lowest BCUT2D eigenvalue weighted by Crippen LogP contribution is -2.43. The predicted molar refractivity (Wildman–Crippen MR) is 88.5 cm³/mol. The van der Waals surface area contributed by atoms with Crippen LogP contribution in [0.3, 0.4) is 0 Å². The molecule has 0 N–H and O–H groups in total. The zero-order chi connectivity index (χ0) is 16.1. The molecule has 4 heteroatoms. The Morgan fingerprint density at radius 1 is 0.913 bits per heavy atom. The molecule has 1 heterocycles. The van der Waals surface area contributed by atoms with Crippen LogP contribution in [0.15, 0.2) is 73.1 Å². The molecule has 0 radical (unpaired) electrons. The Morgan fingerprint density at radius 2 is 1.57 bits per heavy atom. The smallest absolute Gasteiger partial charge is 0.258 e. The van der Waals surface area contributed by atoms with Crippen molar-refractivity contribution in [3.8, 4) is 0 Å². The summed E-state index contributed by atoms with van der Waals surface area (Å²) in [5.74, 6) is -0.217. The highest BCUT2D eigenvalue weighted by molar-refractivity contribution is 5.97. The minimum atomic E-state index is -0.155. The lowest BCUT2D eigenvalue weighted by Gasteiger charge is -2.28. The minimum Gasteiger partial charge on any atom is -0.316 e. The van der Waals surface area contributed by atoms with Gasteiger partial charge in [-0.25, -0.2) is 0 Å². The first kappa shape index (κ1) is 15.0. The molecule has 0 bridgehead atoms. The monoisotopic (exact) mass is 306 g/mol. The molecule has 116 valence electrons. The number of hydrogen-bond donors (Lipinski definition) is 0. The Morgan fingerprint density at radius 3 is 2.22 bits per heavy atom. The van der Waals surface area contributed by atoms with E-state index in [-0.39, 0.29) is 18.4 Å². The van der Waals surface area contributed by atoms with Gasteiger partial charge >= 0.3 is 0 Å². The van der Waals surface area contributed by atoms with Crippen molar-refractivity contribution in [2.75, 3.05) is 13.1 Å². The number of amides is 2. The number of nitrogens with zero attached hydrogens (tertiary/aromatic N) is 2. The largest absolute Gasteiger partial charge is 0.316 e. The third kappa shape index (κ3) is 3.66. The second kappa shape index (κ2) is 6.92. The van der Waals surface area contributed by atoms with Crippen molar-refractivity contribution < 1.29 is 9.59 Å². The first-order chi connectivity index (χ1) is 11.2. The Kier molecular flexibility index (Phi) is 4.52. The highest BCUT2D eigenvalue weighted by atomic mass is 16.2. The fraction of sp³-hybridized carbons (Fsp3) is 0.158. The van der Waals surface area contributed by atoms with Gasteiger partial charge in [-0.05, 0) is 24.1 Å². The van der Waals surface area contributed by atoms with E-state index in [4.69, 9.17) is 0 Å². The van der Waals surface area contributed by atoms with Crippen LogP contribution in [0.25, 0.3) is 0 Å². The molecule has 0 saturated carbocycles. The van der Waals surface area contributed by atoms with Crippen LogP contribution in [-0.2, 0) is 11.2 Å². The van der Waals surface area contributed by atoms with Gasteiger partial charge in [-0.1, -0.05) is 48.5 Å². The van der Waals surface area contributed by atoms with Gasteiger partial charge in [0.15, 0.2) is 0 Å². The van der Waals surface area contributed by atoms with E-state index in [0.717, 1.165) is 6.42 Å². The topological polar surface area (TPSA) is 40.6 Å². The van der Waals surface area contributed by atoms with Crippen molar-refractivity contribution in [2.24, 2.45) is 0 Å². The molecule has 0 unspecified atom stereocenters. The molecule has 0 fully saturated rings. The minimum absolute atomic E-state index is 0.0623. The van der Waals surface area contributed by atoms with E-state index in [0.29, 0.717) is 12.1 Å². The summed E-state index contributed by atoms with van der Waals surface area (Å²) in [5.41, 5.74) is 1.78. The van der Waals surface area contributed by atoms with Gasteiger partial charge in [0.05, 0.1) is 0 Å². The van der Waals surface area contributed by atoms with Gasteiger partial charge in [0, 0.05) is 24.5 Å². The van der Waals surface area contributed by atoms with E-state index in [1.54, 1.807) is 29.4 Å². The number of rotatable bonds is 4. The van der Waals surface area contributed by atoms with Crippen LogP contribution in [0.1, 0.15) is 15.9 Å². The van der Waals surface area contributed by atoms with Crippen molar-refractivity contribution in [3.63, 3.8) is 0 Å². The number of benzene rings is 2. The molecule has 2 amide bonds. The molecule has 0 atom stereocenters. The zero-order valence-corrected chi connectivity index (χ0v) is 12.8. The van der Waals surface area contributed by atoms with Crippen molar-refractivity contribution in [2.45, 2.75) is 6.42 Å². The molecule has 23 heavy (non-hydrogen) atoms. The van der Waals surface area contributed by atoms with Crippen LogP contribution in [0.4, 0.5) is 0 Å². The van der Waals surface area contributed by atoms with Crippen molar-refractivity contribution >= 4 is 11.8 Å². The van der Waals surface area contributed by atoms with Crippen molar-refractivity contribution in [3.05, 3.63) is 84.2 Å². The second-order valence-electron chi connectivity index (χ2n) is 5.42. The maximum atomic E-state index is 12.3. The molecular formula is C19H18N2O2. The van der Waals surface area contributed by atoms with E-state index in [9.17, 15) is 9.59 Å². The summed E-state index contributed by atoms with van der Waals surface area (Å²) >= 11 is 0. The summed E-state index contributed by atoms with van der Waals surface area (Å²) < 4.78 is 0. The summed E-state index contributed by atoms with van der Waals surface area (Å²) in [4.78, 5) is 27.7. The van der Waals surface area contributed by atoms with Crippen LogP contribution >= 0.6 is 0 Å². The lowest BCUT2D eigenvalue weighted by molar-refractivity contribution is -0.129. The van der Waals surface area contributed by atoms with E-state index in [1.807, 2.05) is 48.5 Å². The third-order valence-electron chi connectivity index (χ3n) is 3.82. The molecule has 4 nitrogen and oxygen atoms in total. The second-order valence-corrected chi connectivity index (χ2v) is 5.42. The summed E-state index contributed by atoms with van der Waals surface area (Å²) in [6, 6.07) is 19.0. The van der Waals surface area contributed by atoms with Gasteiger partial charge in [-0.2, -0.15) is 0 Å². The highest BCUT2D eigenvalue weighted by Gasteiger charge is 2.23. The maximum Gasteiger partial charge on any atom is 0.258 e. The van der Waals surface area contributed by atoms with Crippen LogP contribution in [0.5, 0.6) is 0 Å². The van der Waals surface area contributed by atoms with Gasteiger partial charge < -0.3 is 9.80 Å². The van der Waals surface area contributed by atoms with E-state index in [2.05, 4.69) is 0 Å². The first-order valence-electron chi connectivity index (χ1n) is 7.62. The first-order valence-corrected chi connectivity index (χ1v) is 7.62. The predicted octanol–water partition coefficient (Wildman–Crippen LogP) is 2.68. The molecular weight excluding hydrogens is 288 g/mol. The average Bonchev–Trinajstić information content (AvgIpc) is 2.61. The SMILES string of the molecule is O=C1CN(C(=O)c2ccccc2)C=CN1CCc1ccccc1. The highest BCUT2D eigenvalue weighted by Crippen LogP contribution is 2.11. The summed E-state index contributed by atoms with van der Waals surface area (Å²) in [7, 11) is 0. The molecule has 0 saturated heterocycles. The van der Waals surface area contributed by atoms with Gasteiger partial charge in [0.1, 0.15) is 6.54 Å². The van der Waals surface area contributed by atoms with E-state index in [1.165, 1.54) is 10.5 Å². The molecule has 2 aromatic carbocycles. The van der Waals surface area contributed by atoms with E-state index < -0.39 is 0 Å². The molecule has 1 aliphatic heterocycles. The standard InChI is InChI=1S/C19H18N2O2/c22-18-15-21(19(23)17-9-5-2-6-10-17)14-13-20(18)12-11-16-7-3-1-4-8-16/h1-10,13-14H,11-12,15H2. The van der Waals surface area contributed by atoms with Crippen molar-refractivity contribution in [1.29, 1.82) is 0 Å². The Labute approximate surface area is 135 Å². The Balaban J connectivity index is 1.62. The van der Waals surface area contributed by atoms with Gasteiger partial charge in [-0.3, -0.25) is 9.59 Å². The molecule has 2 aromatic rings. The van der Waals surface area contributed by atoms with Crippen LogP contribution in [-0.4, -0.2) is 34.7 Å². The molecule has 0 spiro atoms. The van der Waals surface area contributed by atoms with Crippen LogP contribution in [0, 0.1) is 0 Å². The quantitative estimate of drug-likeness (QED) is 0.871. The number of carbonyl (C=O) groups excluding carboxylic acids is 2. The summed E-state index contributed by atoms with van der Waals surface area (Å²) in [6.45, 7) is 0.700. The fourth-order valence-corrected chi connectivity index (χ4v) is 2.51. The summed E-state index contributed by atoms with van der Waals surface area (Å²) in [5, 5.41) is 0. The third-order valence-corrected chi connectivity index (χ3v) is 3.82. The fourth-order valence-electron chi connectivity index (χ4n) is 2.51. The maximum absolute atomic E-state index is 12.3. The van der Waals surface area contributed by atoms with Crippen molar-refractivity contribution in [1.82, 2.24) is 9.80 Å². The van der Waals surface area contributed by atoms with E-state index >= 15 is 0 Å². The normalized spacial score (nSPS) is 14.2. The van der Waals surface area contributed by atoms with Gasteiger partial charge in [-0.15, -0.1) is 0 Å². The van der Waals surface area contributed by atoms with Gasteiger partial charge in [0.25, 0.3) is 5.91 Å². The lowest BCUT2D eigenvalue weighted by atomic mass is 10.1. The Hall–Kier alpha value is -2.88.